The van der Waals surface area contributed by atoms with Crippen LogP contribution in [0.2, 0.25) is 0 Å². The molecular weight excluding hydrogens is 295 g/mol. The summed E-state index contributed by atoms with van der Waals surface area (Å²) in [5, 5.41) is 4.11. The normalized spacial score (nSPS) is 20.7. The maximum Gasteiger partial charge on any atom is 0.243 e. The summed E-state index contributed by atoms with van der Waals surface area (Å²) in [5.74, 6) is 1.93. The van der Waals surface area contributed by atoms with E-state index in [1.54, 1.807) is 0 Å². The highest BCUT2D eigenvalue weighted by atomic mass is 19.1. The number of benzene rings is 1. The fourth-order valence-corrected chi connectivity index (χ4v) is 3.10. The van der Waals surface area contributed by atoms with Crippen LogP contribution in [-0.4, -0.2) is 41.2 Å². The molecule has 0 spiro atoms. The van der Waals surface area contributed by atoms with Crippen molar-refractivity contribution in [1.29, 1.82) is 0 Å². The van der Waals surface area contributed by atoms with E-state index in [4.69, 9.17) is 4.52 Å². The molecule has 4 rings (SSSR count). The summed E-state index contributed by atoms with van der Waals surface area (Å²) in [6.45, 7) is 5.82. The molecule has 0 radical (unpaired) electrons. The summed E-state index contributed by atoms with van der Waals surface area (Å²) in [6, 6.07) is 6.86. The average molecular weight is 316 g/mol. The molecule has 23 heavy (non-hydrogen) atoms. The highest BCUT2D eigenvalue weighted by Crippen LogP contribution is 2.38. The Morgan fingerprint density at radius 2 is 1.83 bits per heavy atom. The second-order valence-corrected chi connectivity index (χ2v) is 6.44. The van der Waals surface area contributed by atoms with E-state index in [9.17, 15) is 4.39 Å². The molecule has 0 bridgehead atoms. The molecule has 122 valence electrons. The van der Waals surface area contributed by atoms with Crippen molar-refractivity contribution >= 4 is 5.69 Å². The third kappa shape index (κ3) is 3.08. The molecule has 2 fully saturated rings. The molecule has 1 aromatic carbocycles. The number of halogens is 1. The summed E-state index contributed by atoms with van der Waals surface area (Å²) in [6.07, 6.45) is 2.37. The molecule has 6 heteroatoms. The first-order chi connectivity index (χ1) is 11.2. The van der Waals surface area contributed by atoms with Crippen LogP contribution in [0.15, 0.2) is 28.8 Å². The van der Waals surface area contributed by atoms with Gasteiger partial charge in [0.15, 0.2) is 5.82 Å². The lowest BCUT2D eigenvalue weighted by Gasteiger charge is -2.38. The minimum absolute atomic E-state index is 0.144. The molecule has 2 heterocycles. The van der Waals surface area contributed by atoms with E-state index in [0.717, 1.165) is 43.6 Å². The predicted molar refractivity (Wildman–Crippen MR) is 84.9 cm³/mol. The summed E-state index contributed by atoms with van der Waals surface area (Å²) >= 11 is 0. The SMILES string of the molecule is CC(c1nc(C2CC2)no1)N1CCN(c2ccc(F)cc2)CC1. The van der Waals surface area contributed by atoms with E-state index < -0.39 is 0 Å². The lowest BCUT2D eigenvalue weighted by molar-refractivity contribution is 0.164. The van der Waals surface area contributed by atoms with E-state index >= 15 is 0 Å². The van der Waals surface area contributed by atoms with E-state index in [-0.39, 0.29) is 11.9 Å². The van der Waals surface area contributed by atoms with Crippen molar-refractivity contribution in [3.05, 3.63) is 41.8 Å². The standard InChI is InChI=1S/C17H21FN4O/c1-12(17-19-16(20-23-17)13-2-3-13)21-8-10-22(11-9-21)15-6-4-14(18)5-7-15/h4-7,12-13H,2-3,8-11H2,1H3. The molecule has 1 aliphatic carbocycles. The van der Waals surface area contributed by atoms with E-state index in [0.29, 0.717) is 5.92 Å². The van der Waals surface area contributed by atoms with Crippen molar-refractivity contribution in [3.8, 4) is 0 Å². The highest BCUT2D eigenvalue weighted by Gasteiger charge is 2.31. The fourth-order valence-electron chi connectivity index (χ4n) is 3.10. The summed E-state index contributed by atoms with van der Waals surface area (Å²) < 4.78 is 18.5. The van der Waals surface area contributed by atoms with Crippen LogP contribution in [0.25, 0.3) is 0 Å². The summed E-state index contributed by atoms with van der Waals surface area (Å²) in [7, 11) is 0. The molecule has 1 aliphatic heterocycles. The lowest BCUT2D eigenvalue weighted by atomic mass is 10.2. The molecule has 1 saturated heterocycles. The summed E-state index contributed by atoms with van der Waals surface area (Å²) in [4.78, 5) is 9.21. The van der Waals surface area contributed by atoms with Gasteiger partial charge in [0.05, 0.1) is 6.04 Å². The first kappa shape index (κ1) is 14.6. The van der Waals surface area contributed by atoms with E-state index in [1.165, 1.54) is 25.0 Å². The predicted octanol–water partition coefficient (Wildman–Crippen LogP) is 2.97. The Kier molecular flexibility index (Phi) is 3.77. The number of aromatic nitrogens is 2. The molecule has 0 amide bonds. The third-order valence-electron chi connectivity index (χ3n) is 4.81. The Morgan fingerprint density at radius 3 is 2.48 bits per heavy atom. The lowest BCUT2D eigenvalue weighted by Crippen LogP contribution is -2.47. The van der Waals surface area contributed by atoms with Crippen LogP contribution in [0.1, 0.15) is 43.4 Å². The van der Waals surface area contributed by atoms with E-state index in [2.05, 4.69) is 26.9 Å². The monoisotopic (exact) mass is 316 g/mol. The quantitative estimate of drug-likeness (QED) is 0.868. The van der Waals surface area contributed by atoms with Crippen LogP contribution in [0.4, 0.5) is 10.1 Å². The Bertz CT molecular complexity index is 659. The summed E-state index contributed by atoms with van der Waals surface area (Å²) in [5.41, 5.74) is 1.08. The number of hydrogen-bond donors (Lipinski definition) is 0. The van der Waals surface area contributed by atoms with Gasteiger partial charge in [-0.25, -0.2) is 4.39 Å². The number of anilines is 1. The van der Waals surface area contributed by atoms with Crippen LogP contribution in [0, 0.1) is 5.82 Å². The van der Waals surface area contributed by atoms with Crippen molar-refractivity contribution in [2.45, 2.75) is 31.7 Å². The Hall–Kier alpha value is -1.95. The van der Waals surface area contributed by atoms with Crippen molar-refractivity contribution in [1.82, 2.24) is 15.0 Å². The topological polar surface area (TPSA) is 45.4 Å². The van der Waals surface area contributed by atoms with Crippen molar-refractivity contribution in [3.63, 3.8) is 0 Å². The second kappa shape index (κ2) is 5.92. The molecule has 1 unspecified atom stereocenters. The van der Waals surface area contributed by atoms with Crippen molar-refractivity contribution in [2.75, 3.05) is 31.1 Å². The second-order valence-electron chi connectivity index (χ2n) is 6.44. The minimum Gasteiger partial charge on any atom is -0.369 e. The Balaban J connectivity index is 1.37. The molecular formula is C17H21FN4O. The first-order valence-corrected chi connectivity index (χ1v) is 8.29. The zero-order valence-electron chi connectivity index (χ0n) is 13.3. The highest BCUT2D eigenvalue weighted by molar-refractivity contribution is 5.46. The smallest absolute Gasteiger partial charge is 0.243 e. The fraction of sp³-hybridized carbons (Fsp3) is 0.529. The van der Waals surface area contributed by atoms with Gasteiger partial charge >= 0.3 is 0 Å². The number of hydrogen-bond acceptors (Lipinski definition) is 5. The van der Waals surface area contributed by atoms with Gasteiger partial charge in [0.1, 0.15) is 5.82 Å². The third-order valence-corrected chi connectivity index (χ3v) is 4.81. The molecule has 5 nitrogen and oxygen atoms in total. The molecule has 1 atom stereocenters. The van der Waals surface area contributed by atoms with Gasteiger partial charge in [-0.1, -0.05) is 5.16 Å². The minimum atomic E-state index is -0.191. The molecule has 2 aromatic rings. The van der Waals surface area contributed by atoms with E-state index in [1.807, 2.05) is 12.1 Å². The van der Waals surface area contributed by atoms with Crippen LogP contribution in [0.3, 0.4) is 0 Å². The number of piperazine rings is 1. The average Bonchev–Trinajstić information content (AvgIpc) is 3.32. The van der Waals surface area contributed by atoms with Gasteiger partial charge in [-0.2, -0.15) is 4.98 Å². The first-order valence-electron chi connectivity index (χ1n) is 8.29. The zero-order chi connectivity index (χ0) is 15.8. The largest absolute Gasteiger partial charge is 0.369 e. The van der Waals surface area contributed by atoms with Gasteiger partial charge in [0, 0.05) is 37.8 Å². The molecule has 0 N–H and O–H groups in total. The van der Waals surface area contributed by atoms with Gasteiger partial charge in [0.25, 0.3) is 0 Å². The number of nitrogens with zero attached hydrogens (tertiary/aromatic N) is 4. The maximum absolute atomic E-state index is 13.0. The van der Waals surface area contributed by atoms with Gasteiger partial charge in [-0.15, -0.1) is 0 Å². The van der Waals surface area contributed by atoms with Gasteiger partial charge in [-0.05, 0) is 44.0 Å². The Labute approximate surface area is 135 Å². The van der Waals surface area contributed by atoms with Crippen LogP contribution in [0.5, 0.6) is 0 Å². The van der Waals surface area contributed by atoms with Crippen molar-refractivity contribution in [2.24, 2.45) is 0 Å². The number of rotatable bonds is 4. The van der Waals surface area contributed by atoms with Crippen LogP contribution in [-0.2, 0) is 0 Å². The van der Waals surface area contributed by atoms with Crippen molar-refractivity contribution < 1.29 is 8.91 Å². The zero-order valence-corrected chi connectivity index (χ0v) is 13.3. The Morgan fingerprint density at radius 1 is 1.13 bits per heavy atom. The van der Waals surface area contributed by atoms with Crippen LogP contribution < -0.4 is 4.90 Å². The van der Waals surface area contributed by atoms with Gasteiger partial charge in [-0.3, -0.25) is 4.90 Å². The van der Waals surface area contributed by atoms with Crippen LogP contribution >= 0.6 is 0 Å². The van der Waals surface area contributed by atoms with Gasteiger partial charge in [0.2, 0.25) is 5.89 Å². The molecule has 1 aromatic heterocycles. The molecule has 1 saturated carbocycles. The van der Waals surface area contributed by atoms with Gasteiger partial charge < -0.3 is 9.42 Å². The maximum atomic E-state index is 13.0. The molecule has 2 aliphatic rings.